The van der Waals surface area contributed by atoms with Crippen molar-refractivity contribution in [1.82, 2.24) is 5.43 Å². The topological polar surface area (TPSA) is 88.0 Å². The van der Waals surface area contributed by atoms with E-state index in [1.807, 2.05) is 13.8 Å². The van der Waals surface area contributed by atoms with Gasteiger partial charge in [-0.2, -0.15) is 5.10 Å². The number of anilines is 1. The van der Waals surface area contributed by atoms with Crippen molar-refractivity contribution in [2.45, 2.75) is 20.3 Å². The Morgan fingerprint density at radius 2 is 2.32 bits per heavy atom. The van der Waals surface area contributed by atoms with Crippen molar-refractivity contribution in [3.05, 3.63) is 34.0 Å². The second kappa shape index (κ2) is 7.08. The Hall–Kier alpha value is -1.63. The van der Waals surface area contributed by atoms with Crippen LogP contribution in [0, 0.1) is 11.1 Å². The highest BCUT2D eigenvalue weighted by atomic mass is 35.5. The summed E-state index contributed by atoms with van der Waals surface area (Å²) >= 11 is 5.84. The average Bonchev–Trinajstić information content (AvgIpc) is 2.33. The molecule has 0 fully saturated rings. The van der Waals surface area contributed by atoms with E-state index in [0.29, 0.717) is 5.92 Å². The molecule has 0 aliphatic rings. The molecule has 0 aliphatic carbocycles. The number of benzene rings is 1. The van der Waals surface area contributed by atoms with Gasteiger partial charge in [0.2, 0.25) is 0 Å². The number of hydrazone groups is 1. The van der Waals surface area contributed by atoms with Crippen LogP contribution < -0.4 is 10.7 Å². The fourth-order valence-electron chi connectivity index (χ4n) is 1.24. The van der Waals surface area contributed by atoms with Crippen LogP contribution in [0.4, 0.5) is 5.69 Å². The van der Waals surface area contributed by atoms with Gasteiger partial charge in [-0.1, -0.05) is 25.4 Å². The van der Waals surface area contributed by atoms with Crippen LogP contribution in [0.5, 0.6) is 0 Å². The molecule has 0 saturated carbocycles. The molecule has 2 N–H and O–H groups in total. The summed E-state index contributed by atoms with van der Waals surface area (Å²) in [5.41, 5.74) is 2.46. The minimum absolute atomic E-state index is 0.0511. The van der Waals surface area contributed by atoms with Gasteiger partial charge in [-0.05, 0) is 30.5 Å². The lowest BCUT2D eigenvalue weighted by atomic mass is 10.2. The number of hydrogen-bond acceptors (Lipinski definition) is 5. The van der Waals surface area contributed by atoms with Crippen LogP contribution in [-0.2, 0) is 0 Å². The molecule has 0 spiro atoms. The van der Waals surface area contributed by atoms with Crippen LogP contribution in [0.1, 0.15) is 30.6 Å². The molecule has 0 aliphatic heterocycles. The third-order valence-corrected chi connectivity index (χ3v) is 2.57. The van der Waals surface area contributed by atoms with Gasteiger partial charge in [-0.25, -0.2) is 5.43 Å². The number of amides is 1. The molecule has 0 atom stereocenters. The molecule has 0 heterocycles. The van der Waals surface area contributed by atoms with Crippen molar-refractivity contribution in [1.29, 1.82) is 0 Å². The normalized spacial score (nSPS) is 11.1. The molecule has 104 valence electrons. The van der Waals surface area contributed by atoms with Crippen LogP contribution in [0.3, 0.4) is 0 Å². The van der Waals surface area contributed by atoms with Gasteiger partial charge in [0.1, 0.15) is 0 Å². The standard InChI is InChI=1S/C12H15ClN3O3/c1-8(2)5-6-14-15-12(17)10-4-3-9(16(18)19)7-11(10)13/h3-4,6-8,18H,5H2,1-2H3,(H,15,17)/q-1/b14-6+. The summed E-state index contributed by atoms with van der Waals surface area (Å²) in [5, 5.41) is 22.9. The zero-order valence-electron chi connectivity index (χ0n) is 10.6. The molecule has 6 nitrogen and oxygen atoms in total. The molecule has 19 heavy (non-hydrogen) atoms. The van der Waals surface area contributed by atoms with E-state index < -0.39 is 5.91 Å². The maximum atomic E-state index is 11.7. The van der Waals surface area contributed by atoms with Gasteiger partial charge in [0.15, 0.2) is 0 Å². The summed E-state index contributed by atoms with van der Waals surface area (Å²) < 4.78 is 0. The van der Waals surface area contributed by atoms with Crippen LogP contribution >= 0.6 is 11.6 Å². The number of halogens is 1. The zero-order valence-corrected chi connectivity index (χ0v) is 11.4. The highest BCUT2D eigenvalue weighted by molar-refractivity contribution is 6.34. The first-order chi connectivity index (χ1) is 8.91. The predicted molar refractivity (Wildman–Crippen MR) is 74.5 cm³/mol. The molecule has 0 unspecified atom stereocenters. The molecular weight excluding hydrogens is 270 g/mol. The Kier molecular flexibility index (Phi) is 5.75. The Bertz CT molecular complexity index is 475. The third-order valence-electron chi connectivity index (χ3n) is 2.25. The molecule has 0 bridgehead atoms. The number of hydrogen-bond donors (Lipinski definition) is 2. The van der Waals surface area contributed by atoms with E-state index in [0.717, 1.165) is 6.42 Å². The molecule has 1 amide bonds. The van der Waals surface area contributed by atoms with Crippen LogP contribution in [0.2, 0.25) is 5.02 Å². The van der Waals surface area contributed by atoms with Crippen LogP contribution in [-0.4, -0.2) is 17.3 Å². The van der Waals surface area contributed by atoms with Crippen molar-refractivity contribution in [2.75, 3.05) is 5.23 Å². The van der Waals surface area contributed by atoms with Gasteiger partial charge in [0, 0.05) is 6.21 Å². The minimum atomic E-state index is -0.480. The zero-order chi connectivity index (χ0) is 14.4. The highest BCUT2D eigenvalue weighted by Gasteiger charge is 2.10. The van der Waals surface area contributed by atoms with Gasteiger partial charge >= 0.3 is 0 Å². The summed E-state index contributed by atoms with van der Waals surface area (Å²) in [4.78, 5) is 11.7. The molecule has 0 aromatic heterocycles. The number of carbonyl (C=O) groups excluding carboxylic acids is 1. The van der Waals surface area contributed by atoms with E-state index in [2.05, 4.69) is 10.5 Å². The average molecular weight is 285 g/mol. The van der Waals surface area contributed by atoms with Gasteiger partial charge < -0.3 is 10.4 Å². The molecule has 0 radical (unpaired) electrons. The van der Waals surface area contributed by atoms with Crippen molar-refractivity contribution in [3.63, 3.8) is 0 Å². The summed E-state index contributed by atoms with van der Waals surface area (Å²) in [6, 6.07) is 3.82. The van der Waals surface area contributed by atoms with E-state index in [9.17, 15) is 10.0 Å². The SMILES string of the molecule is CC(C)C/C=N/NC(=O)c1ccc(N([O-])O)cc1Cl. The van der Waals surface area contributed by atoms with Crippen molar-refractivity contribution < 1.29 is 10.0 Å². The monoisotopic (exact) mass is 284 g/mol. The van der Waals surface area contributed by atoms with Gasteiger partial charge in [0.05, 0.1) is 16.3 Å². The van der Waals surface area contributed by atoms with Crippen molar-refractivity contribution in [2.24, 2.45) is 11.0 Å². The first-order valence-corrected chi connectivity index (χ1v) is 6.07. The number of nitrogens with zero attached hydrogens (tertiary/aromatic N) is 2. The molecule has 1 aromatic rings. The summed E-state index contributed by atoms with van der Waals surface area (Å²) in [6.45, 7) is 4.07. The summed E-state index contributed by atoms with van der Waals surface area (Å²) in [7, 11) is 0. The highest BCUT2D eigenvalue weighted by Crippen LogP contribution is 2.22. The van der Waals surface area contributed by atoms with E-state index in [4.69, 9.17) is 16.8 Å². The maximum absolute atomic E-state index is 11.7. The Labute approximate surface area is 116 Å². The van der Waals surface area contributed by atoms with Crippen LogP contribution in [0.25, 0.3) is 0 Å². The second-order valence-electron chi connectivity index (χ2n) is 4.32. The number of rotatable bonds is 5. The first kappa shape index (κ1) is 15.4. The number of carbonyl (C=O) groups is 1. The summed E-state index contributed by atoms with van der Waals surface area (Å²) in [5.74, 6) is -0.0249. The number of nitrogens with one attached hydrogen (secondary N) is 1. The van der Waals surface area contributed by atoms with E-state index in [1.165, 1.54) is 18.2 Å². The predicted octanol–water partition coefficient (Wildman–Crippen LogP) is 2.80. The Balaban J connectivity index is 2.70. The Morgan fingerprint density at radius 3 is 2.84 bits per heavy atom. The largest absolute Gasteiger partial charge is 0.733 e. The lowest BCUT2D eigenvalue weighted by molar-refractivity contribution is 0.0955. The van der Waals surface area contributed by atoms with E-state index in [-0.39, 0.29) is 21.5 Å². The lowest BCUT2D eigenvalue weighted by Crippen LogP contribution is -2.18. The lowest BCUT2D eigenvalue weighted by Gasteiger charge is -2.21. The quantitative estimate of drug-likeness (QED) is 0.643. The smallest absolute Gasteiger partial charge is 0.272 e. The molecule has 1 rings (SSSR count). The van der Waals surface area contributed by atoms with Crippen molar-refractivity contribution in [3.8, 4) is 0 Å². The molecular formula is C12H15ClN3O3-. The Morgan fingerprint density at radius 1 is 1.63 bits per heavy atom. The van der Waals surface area contributed by atoms with E-state index >= 15 is 0 Å². The molecule has 0 saturated heterocycles. The fourth-order valence-corrected chi connectivity index (χ4v) is 1.50. The van der Waals surface area contributed by atoms with E-state index in [1.54, 1.807) is 6.21 Å². The molecule has 1 aromatic carbocycles. The fraction of sp³-hybridized carbons (Fsp3) is 0.333. The van der Waals surface area contributed by atoms with Gasteiger partial charge in [-0.15, -0.1) is 0 Å². The van der Waals surface area contributed by atoms with Crippen molar-refractivity contribution >= 4 is 29.4 Å². The minimum Gasteiger partial charge on any atom is -0.733 e. The second-order valence-corrected chi connectivity index (χ2v) is 4.73. The van der Waals surface area contributed by atoms with Gasteiger partial charge in [0.25, 0.3) is 5.91 Å². The van der Waals surface area contributed by atoms with Gasteiger partial charge in [-0.3, -0.25) is 10.0 Å². The summed E-state index contributed by atoms with van der Waals surface area (Å²) in [6.07, 6.45) is 2.36. The first-order valence-electron chi connectivity index (χ1n) is 5.69. The molecule has 7 heteroatoms. The maximum Gasteiger partial charge on any atom is 0.272 e. The third kappa shape index (κ3) is 4.86. The van der Waals surface area contributed by atoms with Crippen LogP contribution in [0.15, 0.2) is 23.3 Å².